The highest BCUT2D eigenvalue weighted by Gasteiger charge is 2.14. The third-order valence-electron chi connectivity index (χ3n) is 2.97. The molecule has 1 aliphatic heterocycles. The Kier molecular flexibility index (Phi) is 1.57. The predicted molar refractivity (Wildman–Crippen MR) is 62.6 cm³/mol. The van der Waals surface area contributed by atoms with Crippen molar-refractivity contribution in [3.05, 3.63) is 52.5 Å². The average Bonchev–Trinajstić information content (AvgIpc) is 2.62. The Morgan fingerprint density at radius 1 is 1.07 bits per heavy atom. The van der Waals surface area contributed by atoms with Crippen LogP contribution >= 0.6 is 0 Å². The molecule has 0 spiro atoms. The van der Waals surface area contributed by atoms with E-state index in [9.17, 15) is 0 Å². The lowest BCUT2D eigenvalue weighted by Gasteiger charge is -2.02. The molecule has 0 aliphatic carbocycles. The van der Waals surface area contributed by atoms with Gasteiger partial charge in [-0.15, -0.1) is 0 Å². The van der Waals surface area contributed by atoms with Crippen LogP contribution in [0, 0.1) is 6.92 Å². The van der Waals surface area contributed by atoms with E-state index >= 15 is 0 Å². The zero-order valence-corrected chi connectivity index (χ0v) is 8.62. The molecule has 1 heterocycles. The maximum Gasteiger partial charge on any atom is 0.0719 e. The summed E-state index contributed by atoms with van der Waals surface area (Å²) in [7, 11) is 0. The molecule has 1 aliphatic rings. The molecule has 0 saturated heterocycles. The Labute approximate surface area is 88.4 Å². The molecule has 1 heteroatoms. The van der Waals surface area contributed by atoms with Gasteiger partial charge >= 0.3 is 0 Å². The molecule has 1 nitrogen and oxygen atoms in total. The van der Waals surface area contributed by atoms with Crippen molar-refractivity contribution in [2.75, 3.05) is 0 Å². The zero-order chi connectivity index (χ0) is 10.4. The summed E-state index contributed by atoms with van der Waals surface area (Å²) in [5.41, 5.74) is 4.79. The smallest absolute Gasteiger partial charge is 0.0719 e. The van der Waals surface area contributed by atoms with Crippen LogP contribution in [0.3, 0.4) is 0 Å². The molecule has 0 fully saturated rings. The van der Waals surface area contributed by atoms with Crippen LogP contribution in [-0.4, -0.2) is 0 Å². The lowest BCUT2D eigenvalue weighted by molar-refractivity contribution is 1.35. The Bertz CT molecular complexity index is 654. The highest BCUT2D eigenvalue weighted by Crippen LogP contribution is 2.32. The number of nitrogens with zero attached hydrogens (tertiary/aromatic N) is 1. The second-order valence-electron chi connectivity index (χ2n) is 3.87. The minimum atomic E-state index is 1.07. The van der Waals surface area contributed by atoms with E-state index in [1.807, 2.05) is 18.2 Å². The fourth-order valence-electron chi connectivity index (χ4n) is 2.09. The van der Waals surface area contributed by atoms with E-state index in [1.54, 1.807) is 0 Å². The molecule has 0 N–H and O–H groups in total. The second-order valence-corrected chi connectivity index (χ2v) is 3.87. The van der Waals surface area contributed by atoms with Gasteiger partial charge in [-0.1, -0.05) is 30.8 Å². The van der Waals surface area contributed by atoms with E-state index in [-0.39, 0.29) is 0 Å². The monoisotopic (exact) mass is 193 g/mol. The fraction of sp³-hybridized carbons (Fsp3) is 0.0714. The lowest BCUT2D eigenvalue weighted by atomic mass is 9.99. The quantitative estimate of drug-likeness (QED) is 0.519. The zero-order valence-electron chi connectivity index (χ0n) is 8.62. The van der Waals surface area contributed by atoms with Gasteiger partial charge in [0.15, 0.2) is 0 Å². The van der Waals surface area contributed by atoms with E-state index in [4.69, 9.17) is 0 Å². The van der Waals surface area contributed by atoms with Gasteiger partial charge in [0.1, 0.15) is 0 Å². The summed E-state index contributed by atoms with van der Waals surface area (Å²) >= 11 is 0. The third kappa shape index (κ3) is 1.06. The molecule has 0 atom stereocenters. The molecule has 72 valence electrons. The van der Waals surface area contributed by atoms with Gasteiger partial charge < -0.3 is 0 Å². The van der Waals surface area contributed by atoms with Gasteiger partial charge in [0, 0.05) is 11.1 Å². The standard InChI is InChI=1S/C14H11N/c1-9-7-8-13-14(10(9)2)11-5-3-4-6-12(11)15-13/h3-8H,1H2,2H3. The largest absolute Gasteiger partial charge is 0.248 e. The molecule has 0 unspecified atom stereocenters. The molecular weight excluding hydrogens is 182 g/mol. The van der Waals surface area contributed by atoms with Crippen LogP contribution in [0.15, 0.2) is 41.4 Å². The Morgan fingerprint density at radius 3 is 2.73 bits per heavy atom. The summed E-state index contributed by atoms with van der Waals surface area (Å²) in [4.78, 5) is 4.59. The first-order chi connectivity index (χ1) is 7.27. The third-order valence-corrected chi connectivity index (χ3v) is 2.97. The van der Waals surface area contributed by atoms with Crippen LogP contribution in [0.5, 0.6) is 0 Å². The van der Waals surface area contributed by atoms with Crippen LogP contribution in [0.2, 0.25) is 0 Å². The number of rotatable bonds is 0. The summed E-state index contributed by atoms with van der Waals surface area (Å²) in [6, 6.07) is 12.3. The maximum absolute atomic E-state index is 4.59. The van der Waals surface area contributed by atoms with E-state index in [0.29, 0.717) is 0 Å². The number of benzene rings is 2. The minimum absolute atomic E-state index is 1.07. The van der Waals surface area contributed by atoms with Gasteiger partial charge in [-0.25, -0.2) is 4.99 Å². The molecule has 0 amide bonds. The van der Waals surface area contributed by atoms with Crippen molar-refractivity contribution in [1.29, 1.82) is 0 Å². The summed E-state index contributed by atoms with van der Waals surface area (Å²) in [5.74, 6) is 0. The highest BCUT2D eigenvalue weighted by molar-refractivity contribution is 5.81. The van der Waals surface area contributed by atoms with Crippen molar-refractivity contribution in [3.8, 4) is 11.1 Å². The van der Waals surface area contributed by atoms with E-state index in [0.717, 1.165) is 16.3 Å². The minimum Gasteiger partial charge on any atom is -0.248 e. The molecule has 2 aromatic carbocycles. The first-order valence-electron chi connectivity index (χ1n) is 5.04. The average molecular weight is 193 g/mol. The molecule has 2 aromatic rings. The van der Waals surface area contributed by atoms with Crippen LogP contribution in [0.4, 0.5) is 5.69 Å². The molecule has 0 saturated carbocycles. The van der Waals surface area contributed by atoms with Crippen LogP contribution in [0.1, 0.15) is 5.56 Å². The van der Waals surface area contributed by atoms with E-state index in [2.05, 4.69) is 36.7 Å². The van der Waals surface area contributed by atoms with E-state index < -0.39 is 0 Å². The molecular formula is C14H11N. The summed E-state index contributed by atoms with van der Waals surface area (Å²) in [6.07, 6.45) is 0. The first kappa shape index (κ1) is 8.42. The van der Waals surface area contributed by atoms with Gasteiger partial charge in [0.25, 0.3) is 0 Å². The Hall–Kier alpha value is -1.89. The van der Waals surface area contributed by atoms with Crippen molar-refractivity contribution in [3.63, 3.8) is 0 Å². The molecule has 0 bridgehead atoms. The number of hydrogen-bond donors (Lipinski definition) is 0. The fourth-order valence-corrected chi connectivity index (χ4v) is 2.09. The maximum atomic E-state index is 4.59. The van der Waals surface area contributed by atoms with Crippen LogP contribution in [0.25, 0.3) is 17.7 Å². The number of fused-ring (bicyclic) bond motifs is 3. The van der Waals surface area contributed by atoms with Crippen molar-refractivity contribution in [1.82, 2.24) is 0 Å². The van der Waals surface area contributed by atoms with Crippen molar-refractivity contribution in [2.24, 2.45) is 4.99 Å². The highest BCUT2D eigenvalue weighted by atomic mass is 14.8. The number of hydrogen-bond acceptors (Lipinski definition) is 1. The van der Waals surface area contributed by atoms with Gasteiger partial charge in [-0.2, -0.15) is 0 Å². The summed E-state index contributed by atoms with van der Waals surface area (Å²) < 4.78 is 0. The molecule has 15 heavy (non-hydrogen) atoms. The SMILES string of the molecule is C=c1ccc2c(c1C)-c1ccccc1N=2. The van der Waals surface area contributed by atoms with Crippen molar-refractivity contribution < 1.29 is 0 Å². The number of para-hydroxylation sites is 1. The van der Waals surface area contributed by atoms with Crippen molar-refractivity contribution in [2.45, 2.75) is 6.92 Å². The molecule has 0 radical (unpaired) electrons. The first-order valence-corrected chi connectivity index (χ1v) is 5.04. The van der Waals surface area contributed by atoms with Gasteiger partial charge in [-0.05, 0) is 29.8 Å². The summed E-state index contributed by atoms with van der Waals surface area (Å²) in [6.45, 7) is 6.14. The Morgan fingerprint density at radius 2 is 1.87 bits per heavy atom. The lowest BCUT2D eigenvalue weighted by Crippen LogP contribution is -2.12. The summed E-state index contributed by atoms with van der Waals surface area (Å²) in [5, 5.41) is 2.15. The molecule has 3 rings (SSSR count). The predicted octanol–water partition coefficient (Wildman–Crippen LogP) is 2.34. The normalized spacial score (nSPS) is 11.8. The van der Waals surface area contributed by atoms with E-state index in [1.165, 1.54) is 16.7 Å². The van der Waals surface area contributed by atoms with Crippen LogP contribution in [-0.2, 0) is 0 Å². The van der Waals surface area contributed by atoms with Gasteiger partial charge in [-0.3, -0.25) is 0 Å². The van der Waals surface area contributed by atoms with Crippen molar-refractivity contribution >= 4 is 12.3 Å². The van der Waals surface area contributed by atoms with Gasteiger partial charge in [0.05, 0.1) is 11.0 Å². The Balaban J connectivity index is 2.50. The van der Waals surface area contributed by atoms with Gasteiger partial charge in [0.2, 0.25) is 0 Å². The second kappa shape index (κ2) is 2.80. The molecule has 0 aromatic heterocycles. The topological polar surface area (TPSA) is 12.4 Å². The van der Waals surface area contributed by atoms with Crippen LogP contribution < -0.4 is 10.6 Å².